The molecule has 1 aromatic rings. The summed E-state index contributed by atoms with van der Waals surface area (Å²) in [6.45, 7) is 5.65. The molecule has 146 valence electrons. The molecule has 2 rings (SSSR count). The van der Waals surface area contributed by atoms with Crippen molar-refractivity contribution in [3.8, 4) is 0 Å². The van der Waals surface area contributed by atoms with Gasteiger partial charge in [0, 0.05) is 25.7 Å². The first-order chi connectivity index (χ1) is 11.9. The Hall–Kier alpha value is -0.860. The van der Waals surface area contributed by atoms with Gasteiger partial charge in [0.2, 0.25) is 10.0 Å². The van der Waals surface area contributed by atoms with Crippen molar-refractivity contribution < 1.29 is 18.3 Å². The van der Waals surface area contributed by atoms with Crippen LogP contribution >= 0.6 is 23.2 Å². The molecule has 1 aromatic carbocycles. The van der Waals surface area contributed by atoms with Gasteiger partial charge in [-0.2, -0.15) is 4.31 Å². The van der Waals surface area contributed by atoms with E-state index in [-0.39, 0.29) is 6.04 Å². The van der Waals surface area contributed by atoms with Crippen molar-refractivity contribution in [3.05, 3.63) is 33.8 Å². The van der Waals surface area contributed by atoms with E-state index < -0.39 is 21.4 Å². The number of halogens is 2. The lowest BCUT2D eigenvalue weighted by atomic mass is 9.79. The highest BCUT2D eigenvalue weighted by Gasteiger charge is 2.37. The molecule has 0 aliphatic carbocycles. The Morgan fingerprint density at radius 2 is 1.96 bits per heavy atom. The van der Waals surface area contributed by atoms with Crippen LogP contribution in [0.25, 0.3) is 0 Å². The third kappa shape index (κ3) is 4.70. The fourth-order valence-corrected chi connectivity index (χ4v) is 4.74. The molecule has 1 heterocycles. The van der Waals surface area contributed by atoms with Crippen molar-refractivity contribution >= 4 is 39.2 Å². The van der Waals surface area contributed by atoms with E-state index in [2.05, 4.69) is 4.90 Å². The lowest BCUT2D eigenvalue weighted by Gasteiger charge is -2.39. The van der Waals surface area contributed by atoms with E-state index in [1.165, 1.54) is 10.6 Å². The maximum Gasteiger partial charge on any atom is 0.313 e. The molecule has 0 spiro atoms. The fraction of sp³-hybridized carbons (Fsp3) is 0.588. The van der Waals surface area contributed by atoms with Crippen LogP contribution < -0.4 is 0 Å². The van der Waals surface area contributed by atoms with E-state index >= 15 is 0 Å². The highest BCUT2D eigenvalue weighted by Crippen LogP contribution is 2.33. The number of carboxylic acids is 1. The molecule has 1 aliphatic rings. The maximum atomic E-state index is 12.0. The third-order valence-electron chi connectivity index (χ3n) is 5.03. The van der Waals surface area contributed by atoms with Crippen LogP contribution in [0.4, 0.5) is 0 Å². The van der Waals surface area contributed by atoms with Crippen molar-refractivity contribution in [3.63, 3.8) is 0 Å². The lowest BCUT2D eigenvalue weighted by Crippen LogP contribution is -2.54. The zero-order chi connectivity index (χ0) is 19.7. The number of piperazine rings is 1. The quantitative estimate of drug-likeness (QED) is 0.762. The van der Waals surface area contributed by atoms with Gasteiger partial charge in [0.15, 0.2) is 0 Å². The van der Waals surface area contributed by atoms with E-state index in [1.54, 1.807) is 25.1 Å². The van der Waals surface area contributed by atoms with Crippen molar-refractivity contribution in [1.82, 2.24) is 9.21 Å². The SMILES string of the molecule is C[C@@H]1CN(CCC(C)(C(=O)O)c2ccc(Cl)c(Cl)c2)CCN1S(C)(=O)=O. The number of nitrogens with zero attached hydrogens (tertiary/aromatic N) is 2. The van der Waals surface area contributed by atoms with Crippen molar-refractivity contribution in [1.29, 1.82) is 0 Å². The molecule has 1 N–H and O–H groups in total. The standard InChI is InChI=1S/C17H24Cl2N2O4S/c1-12-11-20(8-9-21(12)26(3,24)25)7-6-17(2,16(22)23)13-4-5-14(18)15(19)10-13/h4-5,10,12H,6-9,11H2,1-3H3,(H,22,23)/t12-,17?/m1/s1. The summed E-state index contributed by atoms with van der Waals surface area (Å²) in [6, 6.07) is 4.75. The third-order valence-corrected chi connectivity index (χ3v) is 7.17. The molecule has 6 nitrogen and oxygen atoms in total. The molecular formula is C17H24Cl2N2O4S. The summed E-state index contributed by atoms with van der Waals surface area (Å²) >= 11 is 12.0. The minimum Gasteiger partial charge on any atom is -0.481 e. The van der Waals surface area contributed by atoms with Crippen molar-refractivity contribution in [2.75, 3.05) is 32.4 Å². The van der Waals surface area contributed by atoms with Crippen molar-refractivity contribution in [2.24, 2.45) is 0 Å². The van der Waals surface area contributed by atoms with E-state index in [4.69, 9.17) is 23.2 Å². The monoisotopic (exact) mass is 422 g/mol. The van der Waals surface area contributed by atoms with Gasteiger partial charge in [-0.05, 0) is 44.5 Å². The Morgan fingerprint density at radius 3 is 2.46 bits per heavy atom. The highest BCUT2D eigenvalue weighted by molar-refractivity contribution is 7.88. The van der Waals surface area contributed by atoms with E-state index in [0.29, 0.717) is 48.2 Å². The Morgan fingerprint density at radius 1 is 1.31 bits per heavy atom. The summed E-state index contributed by atoms with van der Waals surface area (Å²) in [7, 11) is -3.22. The summed E-state index contributed by atoms with van der Waals surface area (Å²) in [4.78, 5) is 14.1. The fourth-order valence-electron chi connectivity index (χ4n) is 3.31. The second-order valence-corrected chi connectivity index (χ2v) is 9.79. The molecule has 0 saturated carbocycles. The zero-order valence-electron chi connectivity index (χ0n) is 15.1. The zero-order valence-corrected chi connectivity index (χ0v) is 17.4. The normalized spacial score (nSPS) is 22.1. The number of hydrogen-bond acceptors (Lipinski definition) is 4. The topological polar surface area (TPSA) is 77.9 Å². The van der Waals surface area contributed by atoms with Gasteiger partial charge < -0.3 is 10.0 Å². The Labute approximate surface area is 164 Å². The number of carbonyl (C=O) groups is 1. The smallest absolute Gasteiger partial charge is 0.313 e. The highest BCUT2D eigenvalue weighted by atomic mass is 35.5. The van der Waals surface area contributed by atoms with Crippen LogP contribution in [0.3, 0.4) is 0 Å². The van der Waals surface area contributed by atoms with Gasteiger partial charge in [-0.15, -0.1) is 0 Å². The average molecular weight is 423 g/mol. The van der Waals surface area contributed by atoms with E-state index in [1.807, 2.05) is 6.92 Å². The maximum absolute atomic E-state index is 12.0. The molecule has 26 heavy (non-hydrogen) atoms. The van der Waals surface area contributed by atoms with E-state index in [0.717, 1.165) is 0 Å². The van der Waals surface area contributed by atoms with Gasteiger partial charge in [0.05, 0.1) is 21.7 Å². The lowest BCUT2D eigenvalue weighted by molar-refractivity contribution is -0.143. The van der Waals surface area contributed by atoms with Crippen molar-refractivity contribution in [2.45, 2.75) is 31.7 Å². The molecule has 9 heteroatoms. The summed E-state index contributed by atoms with van der Waals surface area (Å²) in [5.41, 5.74) is -0.506. The number of hydrogen-bond donors (Lipinski definition) is 1. The molecule has 1 aliphatic heterocycles. The molecular weight excluding hydrogens is 399 g/mol. The summed E-state index contributed by atoms with van der Waals surface area (Å²) in [5.74, 6) is -0.932. The molecule has 1 saturated heterocycles. The van der Waals surface area contributed by atoms with Gasteiger partial charge in [-0.25, -0.2) is 8.42 Å². The average Bonchev–Trinajstić information content (AvgIpc) is 2.53. The van der Waals surface area contributed by atoms with Crippen LogP contribution in [0.15, 0.2) is 18.2 Å². The molecule has 2 atom stereocenters. The second-order valence-electron chi connectivity index (χ2n) is 7.04. The van der Waals surface area contributed by atoms with Crippen LogP contribution in [0, 0.1) is 0 Å². The van der Waals surface area contributed by atoms with Gasteiger partial charge in [0.1, 0.15) is 0 Å². The second kappa shape index (κ2) is 8.02. The number of aliphatic carboxylic acids is 1. The molecule has 0 bridgehead atoms. The minimum absolute atomic E-state index is 0.139. The van der Waals surface area contributed by atoms with E-state index in [9.17, 15) is 18.3 Å². The van der Waals surface area contributed by atoms with Gasteiger partial charge in [-0.1, -0.05) is 29.3 Å². The Kier molecular flexibility index (Phi) is 6.62. The minimum atomic E-state index is -3.22. The van der Waals surface area contributed by atoms with Crippen LogP contribution in [0.2, 0.25) is 10.0 Å². The van der Waals surface area contributed by atoms with Crippen LogP contribution in [0.1, 0.15) is 25.8 Å². The predicted molar refractivity (Wildman–Crippen MR) is 104 cm³/mol. The largest absolute Gasteiger partial charge is 0.481 e. The van der Waals surface area contributed by atoms with Crippen LogP contribution in [0.5, 0.6) is 0 Å². The molecule has 0 amide bonds. The van der Waals surface area contributed by atoms with Crippen LogP contribution in [-0.4, -0.2) is 67.2 Å². The molecule has 0 radical (unpaired) electrons. The van der Waals surface area contributed by atoms with Gasteiger partial charge in [-0.3, -0.25) is 4.79 Å². The summed E-state index contributed by atoms with van der Waals surface area (Å²) < 4.78 is 25.0. The van der Waals surface area contributed by atoms with Gasteiger partial charge in [0.25, 0.3) is 0 Å². The molecule has 1 fully saturated rings. The molecule has 1 unspecified atom stereocenters. The first kappa shape index (κ1) is 21.4. The Balaban J connectivity index is 2.10. The van der Waals surface area contributed by atoms with Crippen LogP contribution in [-0.2, 0) is 20.2 Å². The number of benzene rings is 1. The predicted octanol–water partition coefficient (Wildman–Crippen LogP) is 2.69. The Bertz CT molecular complexity index is 787. The first-order valence-corrected chi connectivity index (χ1v) is 10.9. The summed E-state index contributed by atoms with van der Waals surface area (Å²) in [6.07, 6.45) is 1.59. The summed E-state index contributed by atoms with van der Waals surface area (Å²) in [5, 5.41) is 10.5. The van der Waals surface area contributed by atoms with Gasteiger partial charge >= 0.3 is 5.97 Å². The number of rotatable bonds is 6. The number of sulfonamides is 1. The first-order valence-electron chi connectivity index (χ1n) is 8.33. The number of carboxylic acid groups (broad SMARTS) is 1. The molecule has 0 aromatic heterocycles.